The molecule has 2 bridgehead atoms. The minimum atomic E-state index is 0. The van der Waals surface area contributed by atoms with Gasteiger partial charge in [-0.05, 0) is 18.9 Å². The van der Waals surface area contributed by atoms with Crippen LogP contribution in [0.25, 0.3) is 0 Å². The van der Waals surface area contributed by atoms with Crippen molar-refractivity contribution in [3.05, 3.63) is 12.2 Å². The molecule has 1 nitrogen and oxygen atoms in total. The molecule has 2 aliphatic rings. The van der Waals surface area contributed by atoms with E-state index in [0.717, 1.165) is 5.92 Å². The fourth-order valence-electron chi connectivity index (χ4n) is 1.97. The maximum Gasteiger partial charge on any atom is 0.0958 e. The van der Waals surface area contributed by atoms with Crippen molar-refractivity contribution in [2.75, 3.05) is 19.6 Å². The highest BCUT2D eigenvalue weighted by atomic mass is 127. The van der Waals surface area contributed by atoms with Crippen molar-refractivity contribution in [2.45, 2.75) is 12.8 Å². The Balaban J connectivity index is 0.000000500. The number of piperidine rings is 1. The van der Waals surface area contributed by atoms with Crippen LogP contribution in [0.5, 0.6) is 0 Å². The summed E-state index contributed by atoms with van der Waals surface area (Å²) in [5.41, 5.74) is 0. The molecule has 2 heteroatoms. The fraction of sp³-hybridized carbons (Fsp3) is 0.750. The van der Waals surface area contributed by atoms with E-state index in [9.17, 15) is 0 Å². The largest absolute Gasteiger partial charge is 1.00 e. The van der Waals surface area contributed by atoms with Crippen molar-refractivity contribution in [3.63, 3.8) is 0 Å². The summed E-state index contributed by atoms with van der Waals surface area (Å²) in [4.78, 5) is 1.80. The van der Waals surface area contributed by atoms with Crippen molar-refractivity contribution >= 4 is 0 Å². The highest BCUT2D eigenvalue weighted by Gasteiger charge is 2.22. The molecule has 0 saturated carbocycles. The molecule has 0 aromatic carbocycles. The molecule has 2 rings (SSSR count). The second-order valence-electron chi connectivity index (χ2n) is 3.24. The maximum absolute atomic E-state index is 2.41. The number of hydrogen-bond acceptors (Lipinski definition) is 0. The van der Waals surface area contributed by atoms with Gasteiger partial charge >= 0.3 is 0 Å². The Morgan fingerprint density at radius 3 is 3.00 bits per heavy atom. The van der Waals surface area contributed by atoms with E-state index < -0.39 is 0 Å². The van der Waals surface area contributed by atoms with Crippen LogP contribution in [0.3, 0.4) is 0 Å². The van der Waals surface area contributed by atoms with Crippen molar-refractivity contribution in [3.8, 4) is 0 Å². The summed E-state index contributed by atoms with van der Waals surface area (Å²) in [6.45, 7) is 4.12. The average molecular weight is 251 g/mol. The first kappa shape index (κ1) is 8.53. The number of hydrogen-bond donors (Lipinski definition) is 1. The Labute approximate surface area is 79.5 Å². The standard InChI is InChI=1S/C8H13N.HI/c1-3-8-4-2-6-9(5-1)7-8;/h1,3,8H,2,4-7H2;1H. The van der Waals surface area contributed by atoms with Gasteiger partial charge in [-0.3, -0.25) is 0 Å². The molecular weight excluding hydrogens is 237 g/mol. The van der Waals surface area contributed by atoms with Crippen LogP contribution in [0.4, 0.5) is 0 Å². The topological polar surface area (TPSA) is 4.44 Å². The van der Waals surface area contributed by atoms with Gasteiger partial charge in [0.15, 0.2) is 0 Å². The Bertz CT molecular complexity index is 133. The quantitative estimate of drug-likeness (QED) is 0.343. The summed E-state index contributed by atoms with van der Waals surface area (Å²) in [7, 11) is 0. The molecule has 0 aliphatic carbocycles. The van der Waals surface area contributed by atoms with E-state index in [-0.39, 0.29) is 24.0 Å². The molecular formula is C8H14IN. The van der Waals surface area contributed by atoms with Gasteiger partial charge in [0.2, 0.25) is 0 Å². The summed E-state index contributed by atoms with van der Waals surface area (Å²) < 4.78 is 0. The maximum atomic E-state index is 2.41. The van der Waals surface area contributed by atoms with E-state index in [1.54, 1.807) is 4.90 Å². The van der Waals surface area contributed by atoms with E-state index in [2.05, 4.69) is 12.2 Å². The third kappa shape index (κ3) is 1.72. The first-order valence-electron chi connectivity index (χ1n) is 3.95. The van der Waals surface area contributed by atoms with Gasteiger partial charge in [0.1, 0.15) is 0 Å². The number of fused-ring (bicyclic) bond motifs is 2. The van der Waals surface area contributed by atoms with Gasteiger partial charge in [0, 0.05) is 5.92 Å². The lowest BCUT2D eigenvalue weighted by atomic mass is 9.95. The van der Waals surface area contributed by atoms with Crippen molar-refractivity contribution in [1.82, 2.24) is 0 Å². The summed E-state index contributed by atoms with van der Waals surface area (Å²) in [5.74, 6) is 0.933. The Hall–Kier alpha value is 0.430. The van der Waals surface area contributed by atoms with E-state index >= 15 is 0 Å². The Morgan fingerprint density at radius 2 is 2.30 bits per heavy atom. The predicted octanol–water partition coefficient (Wildman–Crippen LogP) is -3.14. The smallest absolute Gasteiger partial charge is 0.0958 e. The molecule has 0 aromatic heterocycles. The average Bonchev–Trinajstić information content (AvgIpc) is 1.88. The molecule has 1 saturated heterocycles. The molecule has 1 N–H and O–H groups in total. The summed E-state index contributed by atoms with van der Waals surface area (Å²) >= 11 is 0. The van der Waals surface area contributed by atoms with Gasteiger partial charge in [-0.2, -0.15) is 0 Å². The van der Waals surface area contributed by atoms with Crippen LogP contribution in [-0.4, -0.2) is 19.6 Å². The Morgan fingerprint density at radius 1 is 1.40 bits per heavy atom. The number of nitrogens with one attached hydrogen (secondary N) is 1. The lowest BCUT2D eigenvalue weighted by Crippen LogP contribution is -3.14. The van der Waals surface area contributed by atoms with Crippen LogP contribution in [0.2, 0.25) is 0 Å². The lowest BCUT2D eigenvalue weighted by Gasteiger charge is -2.30. The molecule has 0 aromatic rings. The molecule has 10 heavy (non-hydrogen) atoms. The monoisotopic (exact) mass is 251 g/mol. The fourth-order valence-corrected chi connectivity index (χ4v) is 1.97. The molecule has 2 heterocycles. The highest BCUT2D eigenvalue weighted by Crippen LogP contribution is 2.10. The molecule has 2 atom stereocenters. The number of rotatable bonds is 0. The van der Waals surface area contributed by atoms with Gasteiger partial charge in [-0.25, -0.2) is 0 Å². The van der Waals surface area contributed by atoms with E-state index in [1.807, 2.05) is 0 Å². The van der Waals surface area contributed by atoms with Crippen molar-refractivity contribution in [1.29, 1.82) is 0 Å². The molecule has 58 valence electrons. The molecule has 2 unspecified atom stereocenters. The van der Waals surface area contributed by atoms with Gasteiger partial charge in [-0.1, -0.05) is 6.08 Å². The normalized spacial score (nSPS) is 36.8. The van der Waals surface area contributed by atoms with E-state index in [0.29, 0.717) is 0 Å². The third-order valence-corrected chi connectivity index (χ3v) is 2.47. The van der Waals surface area contributed by atoms with Crippen LogP contribution in [-0.2, 0) is 0 Å². The minimum Gasteiger partial charge on any atom is -1.00 e. The molecule has 2 aliphatic heterocycles. The van der Waals surface area contributed by atoms with Gasteiger partial charge in [0.25, 0.3) is 0 Å². The van der Waals surface area contributed by atoms with Crippen LogP contribution >= 0.6 is 0 Å². The minimum absolute atomic E-state index is 0. The first-order valence-corrected chi connectivity index (χ1v) is 3.95. The SMILES string of the molecule is C1=CC2CCC[NH+](C1)C2.[I-]. The molecule has 0 amide bonds. The van der Waals surface area contributed by atoms with Crippen LogP contribution in [0, 0.1) is 5.92 Å². The van der Waals surface area contributed by atoms with Crippen LogP contribution in [0.1, 0.15) is 12.8 Å². The summed E-state index contributed by atoms with van der Waals surface area (Å²) in [6, 6.07) is 0. The summed E-state index contributed by atoms with van der Waals surface area (Å²) in [6.07, 6.45) is 7.65. The lowest BCUT2D eigenvalue weighted by molar-refractivity contribution is -0.904. The van der Waals surface area contributed by atoms with Crippen LogP contribution < -0.4 is 28.9 Å². The summed E-state index contributed by atoms with van der Waals surface area (Å²) in [5, 5.41) is 0. The van der Waals surface area contributed by atoms with Gasteiger partial charge in [-0.15, -0.1) is 0 Å². The van der Waals surface area contributed by atoms with Crippen molar-refractivity contribution in [2.24, 2.45) is 5.92 Å². The molecule has 0 radical (unpaired) electrons. The zero-order valence-electron chi connectivity index (χ0n) is 6.15. The zero-order chi connectivity index (χ0) is 6.10. The highest BCUT2D eigenvalue weighted by molar-refractivity contribution is 4.92. The number of quaternary nitrogens is 1. The first-order chi connectivity index (χ1) is 4.45. The second kappa shape index (κ2) is 3.72. The predicted molar refractivity (Wildman–Crippen MR) is 37.4 cm³/mol. The number of halogens is 1. The molecule has 0 spiro atoms. The van der Waals surface area contributed by atoms with Gasteiger partial charge in [0.05, 0.1) is 19.6 Å². The Kier molecular flexibility index (Phi) is 3.17. The van der Waals surface area contributed by atoms with Crippen molar-refractivity contribution < 1.29 is 28.9 Å². The second-order valence-corrected chi connectivity index (χ2v) is 3.24. The van der Waals surface area contributed by atoms with Gasteiger partial charge < -0.3 is 28.9 Å². The van der Waals surface area contributed by atoms with Crippen LogP contribution in [0.15, 0.2) is 12.2 Å². The zero-order valence-corrected chi connectivity index (χ0v) is 8.30. The van der Waals surface area contributed by atoms with E-state index in [4.69, 9.17) is 0 Å². The molecule has 1 fully saturated rings. The van der Waals surface area contributed by atoms with E-state index in [1.165, 1.54) is 32.5 Å². The third-order valence-electron chi connectivity index (χ3n) is 2.47.